The molecule has 0 aliphatic carbocycles. The van der Waals surface area contributed by atoms with Gasteiger partial charge in [-0.1, -0.05) is 32.0 Å². The molecule has 0 unspecified atom stereocenters. The Morgan fingerprint density at radius 3 is 2.72 bits per heavy atom. The van der Waals surface area contributed by atoms with Gasteiger partial charge in [-0.05, 0) is 24.5 Å². The van der Waals surface area contributed by atoms with Gasteiger partial charge in [-0.25, -0.2) is 9.97 Å². The van der Waals surface area contributed by atoms with Crippen molar-refractivity contribution in [2.45, 2.75) is 26.7 Å². The average molecular weight is 240 g/mol. The molecule has 2 aromatic rings. The molecule has 0 atom stereocenters. The molecule has 3 heteroatoms. The van der Waals surface area contributed by atoms with Gasteiger partial charge in [0, 0.05) is 17.3 Å². The first kappa shape index (κ1) is 12.4. The van der Waals surface area contributed by atoms with Crippen LogP contribution in [0.15, 0.2) is 36.8 Å². The molecule has 1 aromatic carbocycles. The third-order valence-corrected chi connectivity index (χ3v) is 2.87. The Labute approximate surface area is 107 Å². The lowest BCUT2D eigenvalue weighted by Crippen LogP contribution is -1.98. The van der Waals surface area contributed by atoms with Crippen LogP contribution in [0, 0.1) is 0 Å². The molecule has 0 amide bonds. The van der Waals surface area contributed by atoms with Crippen LogP contribution in [0.2, 0.25) is 0 Å². The minimum atomic E-state index is 0.0693. The third-order valence-electron chi connectivity index (χ3n) is 2.87. The lowest BCUT2D eigenvalue weighted by molar-refractivity contribution is 0.101. The number of hydrogen-bond acceptors (Lipinski definition) is 3. The molecule has 1 heterocycles. The Hall–Kier alpha value is -2.03. The van der Waals surface area contributed by atoms with Gasteiger partial charge in [0.2, 0.25) is 0 Å². The normalized spacial score (nSPS) is 10.7. The van der Waals surface area contributed by atoms with Crippen molar-refractivity contribution in [2.75, 3.05) is 0 Å². The molecule has 3 nitrogen and oxygen atoms in total. The summed E-state index contributed by atoms with van der Waals surface area (Å²) in [5.41, 5.74) is 3.71. The molecule has 0 N–H and O–H groups in total. The van der Waals surface area contributed by atoms with E-state index in [1.165, 1.54) is 0 Å². The summed E-state index contributed by atoms with van der Waals surface area (Å²) in [7, 11) is 0. The molecule has 0 spiro atoms. The number of hydrogen-bond donors (Lipinski definition) is 0. The molecule has 1 aromatic heterocycles. The number of carbonyl (C=O) groups excluding carboxylic acids is 1. The molecule has 18 heavy (non-hydrogen) atoms. The van der Waals surface area contributed by atoms with E-state index in [1.807, 2.05) is 30.5 Å². The molecule has 0 radical (unpaired) electrons. The zero-order valence-corrected chi connectivity index (χ0v) is 10.8. The van der Waals surface area contributed by atoms with Crippen LogP contribution in [-0.4, -0.2) is 15.8 Å². The van der Waals surface area contributed by atoms with E-state index in [-0.39, 0.29) is 5.78 Å². The summed E-state index contributed by atoms with van der Waals surface area (Å²) in [6, 6.07) is 7.60. The first-order chi connectivity index (χ1) is 8.59. The highest BCUT2D eigenvalue weighted by Gasteiger charge is 2.11. The van der Waals surface area contributed by atoms with Crippen molar-refractivity contribution in [3.8, 4) is 11.1 Å². The fraction of sp³-hybridized carbons (Fsp3) is 0.267. The van der Waals surface area contributed by atoms with Crippen LogP contribution in [0.25, 0.3) is 11.1 Å². The quantitative estimate of drug-likeness (QED) is 0.771. The van der Waals surface area contributed by atoms with Crippen LogP contribution in [-0.2, 0) is 0 Å². The number of ketones is 1. The molecule has 0 bridgehead atoms. The maximum Gasteiger partial charge on any atom is 0.159 e. The Kier molecular flexibility index (Phi) is 3.51. The molecule has 0 saturated carbocycles. The number of Topliss-reactive ketones (excluding diaryl/α,β-unsaturated/α-hetero) is 1. The Balaban J connectivity index is 2.55. The van der Waals surface area contributed by atoms with E-state index in [0.717, 1.165) is 16.8 Å². The highest BCUT2D eigenvalue weighted by molar-refractivity contribution is 5.95. The van der Waals surface area contributed by atoms with Gasteiger partial charge < -0.3 is 0 Å². The van der Waals surface area contributed by atoms with E-state index in [9.17, 15) is 4.79 Å². The van der Waals surface area contributed by atoms with Gasteiger partial charge in [-0.2, -0.15) is 0 Å². The van der Waals surface area contributed by atoms with Gasteiger partial charge in [-0.15, -0.1) is 0 Å². The molecule has 92 valence electrons. The highest BCUT2D eigenvalue weighted by Crippen LogP contribution is 2.27. The molecule has 0 saturated heterocycles. The average Bonchev–Trinajstić information content (AvgIpc) is 2.39. The van der Waals surface area contributed by atoms with Crippen LogP contribution in [0.5, 0.6) is 0 Å². The van der Waals surface area contributed by atoms with E-state index in [4.69, 9.17) is 0 Å². The van der Waals surface area contributed by atoms with E-state index < -0.39 is 0 Å². The summed E-state index contributed by atoms with van der Waals surface area (Å²) in [6.07, 6.45) is 3.37. The second kappa shape index (κ2) is 5.08. The predicted molar refractivity (Wildman–Crippen MR) is 71.6 cm³/mol. The Morgan fingerprint density at radius 2 is 2.06 bits per heavy atom. The van der Waals surface area contributed by atoms with Crippen molar-refractivity contribution >= 4 is 5.78 Å². The molecule has 0 aliphatic heterocycles. The van der Waals surface area contributed by atoms with Crippen LogP contribution < -0.4 is 0 Å². The van der Waals surface area contributed by atoms with Gasteiger partial charge in [-0.3, -0.25) is 4.79 Å². The van der Waals surface area contributed by atoms with Crippen LogP contribution in [0.3, 0.4) is 0 Å². The van der Waals surface area contributed by atoms with Crippen LogP contribution in [0.1, 0.15) is 42.7 Å². The van der Waals surface area contributed by atoms with E-state index >= 15 is 0 Å². The maximum atomic E-state index is 11.4. The Morgan fingerprint density at radius 1 is 1.28 bits per heavy atom. The number of benzene rings is 1. The predicted octanol–water partition coefficient (Wildman–Crippen LogP) is 3.47. The van der Waals surface area contributed by atoms with Crippen molar-refractivity contribution in [1.82, 2.24) is 9.97 Å². The molecule has 0 fully saturated rings. The fourth-order valence-corrected chi connectivity index (χ4v) is 1.93. The van der Waals surface area contributed by atoms with E-state index in [2.05, 4.69) is 23.8 Å². The summed E-state index contributed by atoms with van der Waals surface area (Å²) in [5.74, 6) is 0.392. The standard InChI is InChI=1S/C15H16N2O/c1-10(2)15-14(8-16-9-17-15)13-6-4-5-12(7-13)11(3)18/h4-10H,1-3H3. The second-order valence-electron chi connectivity index (χ2n) is 4.61. The molecule has 2 rings (SSSR count). The summed E-state index contributed by atoms with van der Waals surface area (Å²) < 4.78 is 0. The van der Waals surface area contributed by atoms with E-state index in [1.54, 1.807) is 13.3 Å². The third kappa shape index (κ3) is 2.45. The van der Waals surface area contributed by atoms with Gasteiger partial charge in [0.05, 0.1) is 5.69 Å². The SMILES string of the molecule is CC(=O)c1cccc(-c2cncnc2C(C)C)c1. The minimum absolute atomic E-state index is 0.0693. The zero-order chi connectivity index (χ0) is 13.1. The van der Waals surface area contributed by atoms with Crippen molar-refractivity contribution < 1.29 is 4.79 Å². The molecule has 0 aliphatic rings. The summed E-state index contributed by atoms with van der Waals surface area (Å²) in [4.78, 5) is 19.8. The largest absolute Gasteiger partial charge is 0.295 e. The van der Waals surface area contributed by atoms with Gasteiger partial charge in [0.1, 0.15) is 6.33 Å². The summed E-state index contributed by atoms with van der Waals surface area (Å²) >= 11 is 0. The van der Waals surface area contributed by atoms with Crippen molar-refractivity contribution in [3.63, 3.8) is 0 Å². The smallest absolute Gasteiger partial charge is 0.159 e. The van der Waals surface area contributed by atoms with Crippen LogP contribution in [0.4, 0.5) is 0 Å². The number of rotatable bonds is 3. The minimum Gasteiger partial charge on any atom is -0.295 e. The first-order valence-corrected chi connectivity index (χ1v) is 6.01. The number of nitrogens with zero attached hydrogens (tertiary/aromatic N) is 2. The van der Waals surface area contributed by atoms with Crippen LogP contribution >= 0.6 is 0 Å². The first-order valence-electron chi connectivity index (χ1n) is 6.01. The van der Waals surface area contributed by atoms with Crippen molar-refractivity contribution in [1.29, 1.82) is 0 Å². The fourth-order valence-electron chi connectivity index (χ4n) is 1.93. The van der Waals surface area contributed by atoms with Gasteiger partial charge >= 0.3 is 0 Å². The van der Waals surface area contributed by atoms with Crippen molar-refractivity contribution in [2.24, 2.45) is 0 Å². The highest BCUT2D eigenvalue weighted by atomic mass is 16.1. The molecular formula is C15H16N2O. The van der Waals surface area contributed by atoms with Crippen molar-refractivity contribution in [3.05, 3.63) is 48.0 Å². The lowest BCUT2D eigenvalue weighted by atomic mass is 9.97. The number of carbonyl (C=O) groups is 1. The maximum absolute atomic E-state index is 11.4. The second-order valence-corrected chi connectivity index (χ2v) is 4.61. The summed E-state index contributed by atoms with van der Waals surface area (Å²) in [5, 5.41) is 0. The number of aromatic nitrogens is 2. The van der Waals surface area contributed by atoms with E-state index in [0.29, 0.717) is 11.5 Å². The van der Waals surface area contributed by atoms with Gasteiger partial charge in [0.15, 0.2) is 5.78 Å². The summed E-state index contributed by atoms with van der Waals surface area (Å²) in [6.45, 7) is 5.77. The topological polar surface area (TPSA) is 42.9 Å². The monoisotopic (exact) mass is 240 g/mol. The van der Waals surface area contributed by atoms with Gasteiger partial charge in [0.25, 0.3) is 0 Å². The Bertz CT molecular complexity index is 576. The molecular weight excluding hydrogens is 224 g/mol. The lowest BCUT2D eigenvalue weighted by Gasteiger charge is -2.11. The zero-order valence-electron chi connectivity index (χ0n) is 10.8.